The molecule has 5 heteroatoms. The zero-order valence-corrected chi connectivity index (χ0v) is 19.7. The van der Waals surface area contributed by atoms with Crippen molar-refractivity contribution in [2.45, 2.75) is 6.29 Å². The lowest BCUT2D eigenvalue weighted by molar-refractivity contribution is -0.105. The number of hydrogen-bond donors (Lipinski definition) is 0. The predicted molar refractivity (Wildman–Crippen MR) is 135 cm³/mol. The molecule has 0 spiro atoms. The first-order valence-electron chi connectivity index (χ1n) is 10.3. The van der Waals surface area contributed by atoms with E-state index >= 15 is 0 Å². The molecular weight excluding hydrogens is 437 g/mol. The lowest BCUT2D eigenvalue weighted by Gasteiger charge is -2.28. The molecule has 4 aromatic rings. The van der Waals surface area contributed by atoms with Crippen molar-refractivity contribution < 1.29 is 9.47 Å². The van der Waals surface area contributed by atoms with Crippen molar-refractivity contribution in [3.05, 3.63) is 120 Å². The van der Waals surface area contributed by atoms with Crippen LogP contribution in [0.4, 0.5) is 5.69 Å². The fraction of sp³-hybridized carbons (Fsp3) is 0.111. The molecule has 0 radical (unpaired) electrons. The van der Waals surface area contributed by atoms with Gasteiger partial charge >= 0.3 is 0 Å². The lowest BCUT2D eigenvalue weighted by Crippen LogP contribution is -2.25. The highest BCUT2D eigenvalue weighted by molar-refractivity contribution is 7.87. The van der Waals surface area contributed by atoms with Gasteiger partial charge in [0.1, 0.15) is 0 Å². The van der Waals surface area contributed by atoms with E-state index in [0.29, 0.717) is 5.02 Å². The van der Waals surface area contributed by atoms with Crippen LogP contribution in [0.2, 0.25) is 5.02 Å². The molecule has 0 unspecified atom stereocenters. The van der Waals surface area contributed by atoms with E-state index in [0.717, 1.165) is 11.3 Å². The van der Waals surface area contributed by atoms with Gasteiger partial charge in [0.2, 0.25) is 0 Å². The molecule has 0 amide bonds. The highest BCUT2D eigenvalue weighted by Crippen LogP contribution is 2.50. The van der Waals surface area contributed by atoms with Crippen molar-refractivity contribution in [3.8, 4) is 0 Å². The zero-order valence-electron chi connectivity index (χ0n) is 18.1. The van der Waals surface area contributed by atoms with E-state index in [1.54, 1.807) is 14.2 Å². The van der Waals surface area contributed by atoms with Crippen LogP contribution in [-0.2, 0) is 9.47 Å². The summed E-state index contributed by atoms with van der Waals surface area (Å²) < 4.78 is 16.7. The molecule has 32 heavy (non-hydrogen) atoms. The first kappa shape index (κ1) is 22.5. The van der Waals surface area contributed by atoms with Crippen LogP contribution < -0.4 is 15.9 Å². The van der Waals surface area contributed by atoms with Crippen LogP contribution in [0.25, 0.3) is 0 Å². The molecule has 162 valence electrons. The van der Waals surface area contributed by atoms with E-state index < -0.39 is 13.3 Å². The van der Waals surface area contributed by atoms with Crippen molar-refractivity contribution in [2.75, 3.05) is 14.2 Å². The summed E-state index contributed by atoms with van der Waals surface area (Å²) in [4.78, 5) is 0. The third kappa shape index (κ3) is 4.44. The van der Waals surface area contributed by atoms with Gasteiger partial charge in [-0.05, 0) is 18.2 Å². The standard InChI is InChI=1S/C27H25ClNO2P/c1-30-27(31-2)25-20-21(28)18-19-26(25)29-32(22-12-6-3-7-13-22,23-14-8-4-9-15-23)24-16-10-5-11-17-24/h3-20,27H,1-2H3. The molecule has 0 aliphatic heterocycles. The van der Waals surface area contributed by atoms with Crippen LogP contribution in [0.1, 0.15) is 11.9 Å². The number of nitrogens with zero attached hydrogens (tertiary/aromatic N) is 1. The van der Waals surface area contributed by atoms with Crippen LogP contribution in [0.3, 0.4) is 0 Å². The number of halogens is 1. The molecule has 0 saturated heterocycles. The molecule has 0 atom stereocenters. The van der Waals surface area contributed by atoms with Crippen molar-refractivity contribution in [3.63, 3.8) is 0 Å². The Kier molecular flexibility index (Phi) is 7.24. The van der Waals surface area contributed by atoms with E-state index in [-0.39, 0.29) is 0 Å². The van der Waals surface area contributed by atoms with Crippen LogP contribution in [-0.4, -0.2) is 14.2 Å². The number of methoxy groups -OCH3 is 2. The van der Waals surface area contributed by atoms with E-state index in [1.165, 1.54) is 15.9 Å². The second kappa shape index (κ2) is 10.3. The summed E-state index contributed by atoms with van der Waals surface area (Å²) >= 11 is 6.35. The predicted octanol–water partition coefficient (Wildman–Crippen LogP) is 6.44. The maximum Gasteiger partial charge on any atom is 0.185 e. The monoisotopic (exact) mass is 461 g/mol. The van der Waals surface area contributed by atoms with Gasteiger partial charge in [0.25, 0.3) is 0 Å². The minimum absolute atomic E-state index is 0.573. The van der Waals surface area contributed by atoms with E-state index in [9.17, 15) is 0 Å². The highest BCUT2D eigenvalue weighted by Gasteiger charge is 2.28. The number of hydrogen-bond acceptors (Lipinski definition) is 3. The Labute approximate surface area is 194 Å². The number of benzene rings is 4. The van der Waals surface area contributed by atoms with Gasteiger partial charge in [0.15, 0.2) is 6.29 Å². The summed E-state index contributed by atoms with van der Waals surface area (Å²) in [7, 11) is 0.829. The molecule has 0 bridgehead atoms. The maximum atomic E-state index is 6.35. The fourth-order valence-electron chi connectivity index (χ4n) is 3.87. The van der Waals surface area contributed by atoms with Gasteiger partial charge in [0.05, 0.1) is 12.7 Å². The summed E-state index contributed by atoms with van der Waals surface area (Å²) in [5, 5.41) is 4.13. The van der Waals surface area contributed by atoms with Crippen LogP contribution in [0.15, 0.2) is 114 Å². The summed E-state index contributed by atoms with van der Waals surface area (Å²) in [5.74, 6) is 0. The van der Waals surface area contributed by atoms with Crippen LogP contribution >= 0.6 is 18.7 Å². The summed E-state index contributed by atoms with van der Waals surface area (Å²) in [6, 6.07) is 37.2. The minimum atomic E-state index is -2.41. The van der Waals surface area contributed by atoms with Crippen molar-refractivity contribution >= 4 is 40.3 Å². The Morgan fingerprint density at radius 3 is 1.50 bits per heavy atom. The van der Waals surface area contributed by atoms with Gasteiger partial charge in [-0.1, -0.05) is 103 Å². The third-order valence-corrected chi connectivity index (χ3v) is 9.21. The molecule has 0 aliphatic rings. The third-order valence-electron chi connectivity index (χ3n) is 5.32. The molecule has 0 heterocycles. The summed E-state index contributed by atoms with van der Waals surface area (Å²) in [6.07, 6.45) is -0.573. The van der Waals surface area contributed by atoms with Gasteiger partial charge in [-0.25, -0.2) is 0 Å². The molecule has 4 rings (SSSR count). The minimum Gasteiger partial charge on any atom is -0.352 e. The second-order valence-electron chi connectivity index (χ2n) is 7.25. The van der Waals surface area contributed by atoms with Gasteiger partial charge < -0.3 is 9.47 Å². The Hall–Kier alpha value is -2.68. The van der Waals surface area contributed by atoms with Crippen LogP contribution in [0.5, 0.6) is 0 Å². The van der Waals surface area contributed by atoms with E-state index in [2.05, 4.69) is 72.8 Å². The highest BCUT2D eigenvalue weighted by atomic mass is 35.5. The Morgan fingerprint density at radius 2 is 1.09 bits per heavy atom. The SMILES string of the molecule is COC(OC)c1cc(Cl)ccc1N=P(c1ccccc1)(c1ccccc1)c1ccccc1. The molecule has 4 aromatic carbocycles. The van der Waals surface area contributed by atoms with Gasteiger partial charge in [0, 0.05) is 40.7 Å². The Balaban J connectivity index is 2.14. The molecule has 0 N–H and O–H groups in total. The molecule has 0 saturated carbocycles. The summed E-state index contributed by atoms with van der Waals surface area (Å²) in [6.45, 7) is 0. The second-order valence-corrected chi connectivity index (χ2v) is 10.7. The largest absolute Gasteiger partial charge is 0.352 e. The van der Waals surface area contributed by atoms with Gasteiger partial charge in [-0.2, -0.15) is 0 Å². The Morgan fingerprint density at radius 1 is 0.656 bits per heavy atom. The topological polar surface area (TPSA) is 30.8 Å². The van der Waals surface area contributed by atoms with Crippen molar-refractivity contribution in [1.82, 2.24) is 0 Å². The first-order valence-corrected chi connectivity index (χ1v) is 12.4. The Bertz CT molecular complexity index is 1110. The fourth-order valence-corrected chi connectivity index (χ4v) is 7.61. The van der Waals surface area contributed by atoms with Crippen molar-refractivity contribution in [1.29, 1.82) is 0 Å². The number of ether oxygens (including phenoxy) is 2. The smallest absolute Gasteiger partial charge is 0.185 e. The quantitative estimate of drug-likeness (QED) is 0.234. The molecule has 0 aromatic heterocycles. The molecule has 0 fully saturated rings. The zero-order chi connectivity index (χ0) is 22.4. The molecule has 3 nitrogen and oxygen atoms in total. The summed E-state index contributed by atoms with van der Waals surface area (Å²) in [5.41, 5.74) is 1.60. The first-order chi connectivity index (χ1) is 15.7. The van der Waals surface area contributed by atoms with Crippen molar-refractivity contribution in [2.24, 2.45) is 4.74 Å². The normalized spacial score (nSPS) is 11.5. The average molecular weight is 462 g/mol. The van der Waals surface area contributed by atoms with Gasteiger partial charge in [-0.15, -0.1) is 0 Å². The number of rotatable bonds is 7. The average Bonchev–Trinajstić information content (AvgIpc) is 2.86. The van der Waals surface area contributed by atoms with Crippen LogP contribution in [0, 0.1) is 0 Å². The lowest BCUT2D eigenvalue weighted by atomic mass is 10.2. The van der Waals surface area contributed by atoms with Gasteiger partial charge in [-0.3, -0.25) is 4.74 Å². The van der Waals surface area contributed by atoms with E-state index in [1.807, 2.05) is 36.4 Å². The van der Waals surface area contributed by atoms with E-state index in [4.69, 9.17) is 25.8 Å². The maximum absolute atomic E-state index is 6.35. The molecular formula is C27H25ClNO2P. The molecule has 0 aliphatic carbocycles.